The smallest absolute Gasteiger partial charge is 0.332 e. The van der Waals surface area contributed by atoms with Gasteiger partial charge in [0.05, 0.1) is 21.6 Å². The van der Waals surface area contributed by atoms with Crippen LogP contribution in [0.4, 0.5) is 15.2 Å². The van der Waals surface area contributed by atoms with Gasteiger partial charge in [0.25, 0.3) is 5.56 Å². The number of aryl methyl sites for hydroxylation is 1. The summed E-state index contributed by atoms with van der Waals surface area (Å²) in [6.07, 6.45) is 0. The van der Waals surface area contributed by atoms with E-state index in [0.717, 1.165) is 20.7 Å². The molecule has 0 saturated carbocycles. The Labute approximate surface area is 183 Å². The quantitative estimate of drug-likeness (QED) is 0.401. The van der Waals surface area contributed by atoms with Gasteiger partial charge in [0.1, 0.15) is 10.6 Å². The number of thiophene rings is 1. The molecule has 0 radical (unpaired) electrons. The first kappa shape index (κ1) is 19.4. The van der Waals surface area contributed by atoms with E-state index in [-0.39, 0.29) is 11.4 Å². The lowest BCUT2D eigenvalue weighted by Crippen LogP contribution is -2.33. The molecular formula is C22H15FN4O2S2. The molecule has 2 N–H and O–H groups in total. The fraction of sp³-hybridized carbons (Fsp3) is 0.0455. The number of aromatic nitrogens is 3. The third-order valence-corrected chi connectivity index (χ3v) is 6.82. The van der Waals surface area contributed by atoms with Crippen LogP contribution in [0.3, 0.4) is 0 Å². The third kappa shape index (κ3) is 3.47. The Morgan fingerprint density at radius 3 is 2.55 bits per heavy atom. The molecule has 0 amide bonds. The van der Waals surface area contributed by atoms with E-state index in [1.807, 2.05) is 18.4 Å². The highest BCUT2D eigenvalue weighted by Crippen LogP contribution is 2.37. The van der Waals surface area contributed by atoms with E-state index in [1.165, 1.54) is 34.8 Å². The maximum atomic E-state index is 13.2. The number of H-pyrrole nitrogens is 1. The Hall–Kier alpha value is -3.56. The first-order chi connectivity index (χ1) is 15.0. The topological polar surface area (TPSA) is 79.8 Å². The minimum Gasteiger partial charge on any atom is -0.332 e. The summed E-state index contributed by atoms with van der Waals surface area (Å²) >= 11 is 2.73. The van der Waals surface area contributed by atoms with Crippen molar-refractivity contribution in [2.24, 2.45) is 0 Å². The van der Waals surface area contributed by atoms with Crippen LogP contribution in [0.2, 0.25) is 0 Å². The summed E-state index contributed by atoms with van der Waals surface area (Å²) in [6.45, 7) is 1.86. The number of aromatic amines is 1. The van der Waals surface area contributed by atoms with E-state index < -0.39 is 5.69 Å². The number of halogens is 1. The van der Waals surface area contributed by atoms with Gasteiger partial charge in [0.15, 0.2) is 5.13 Å². The zero-order chi connectivity index (χ0) is 21.5. The van der Waals surface area contributed by atoms with Gasteiger partial charge >= 0.3 is 5.69 Å². The van der Waals surface area contributed by atoms with Crippen molar-refractivity contribution in [3.63, 3.8) is 0 Å². The molecule has 0 fully saturated rings. The largest absolute Gasteiger partial charge is 0.334 e. The third-order valence-electron chi connectivity index (χ3n) is 4.83. The Bertz CT molecular complexity index is 1520. The van der Waals surface area contributed by atoms with Gasteiger partial charge in [-0.1, -0.05) is 18.2 Å². The zero-order valence-corrected chi connectivity index (χ0v) is 17.8. The molecule has 0 unspecified atom stereocenters. The molecule has 154 valence electrons. The van der Waals surface area contributed by atoms with E-state index in [0.29, 0.717) is 26.7 Å². The van der Waals surface area contributed by atoms with Crippen LogP contribution in [-0.2, 0) is 0 Å². The standard InChI is InChI=1S/C22H15FN4O2S2/c1-12-17-19(26-22(29)27(20(17)28)15-5-3-2-4-6-15)31-18(12)16-11-30-21(25-16)24-14-9-7-13(23)8-10-14/h2-11H,1H3,(H,24,25)(H,26,29). The van der Waals surface area contributed by atoms with Crippen molar-refractivity contribution in [1.82, 2.24) is 14.5 Å². The van der Waals surface area contributed by atoms with E-state index >= 15 is 0 Å². The first-order valence-electron chi connectivity index (χ1n) is 9.33. The second-order valence-electron chi connectivity index (χ2n) is 6.84. The summed E-state index contributed by atoms with van der Waals surface area (Å²) in [6, 6.07) is 14.9. The number of fused-ring (bicyclic) bond motifs is 1. The molecule has 31 heavy (non-hydrogen) atoms. The number of hydrogen-bond donors (Lipinski definition) is 2. The van der Waals surface area contributed by atoms with Crippen molar-refractivity contribution in [1.29, 1.82) is 0 Å². The lowest BCUT2D eigenvalue weighted by atomic mass is 10.2. The highest BCUT2D eigenvalue weighted by atomic mass is 32.1. The fourth-order valence-corrected chi connectivity index (χ4v) is 5.31. The predicted octanol–water partition coefficient (Wildman–Crippen LogP) is 5.06. The average Bonchev–Trinajstić information content (AvgIpc) is 3.34. The van der Waals surface area contributed by atoms with Gasteiger partial charge in [-0.2, -0.15) is 0 Å². The highest BCUT2D eigenvalue weighted by Gasteiger charge is 2.19. The summed E-state index contributed by atoms with van der Waals surface area (Å²) in [4.78, 5) is 34.6. The Morgan fingerprint density at radius 1 is 1.06 bits per heavy atom. The molecule has 0 bridgehead atoms. The van der Waals surface area contributed by atoms with Crippen LogP contribution >= 0.6 is 22.7 Å². The van der Waals surface area contributed by atoms with Gasteiger partial charge in [-0.15, -0.1) is 22.7 Å². The van der Waals surface area contributed by atoms with Crippen molar-refractivity contribution in [2.75, 3.05) is 5.32 Å². The molecule has 9 heteroatoms. The van der Waals surface area contributed by atoms with Crippen molar-refractivity contribution in [3.05, 3.63) is 92.2 Å². The number of benzene rings is 2. The second-order valence-corrected chi connectivity index (χ2v) is 8.72. The Morgan fingerprint density at radius 2 is 1.81 bits per heavy atom. The molecule has 6 nitrogen and oxygen atoms in total. The van der Waals surface area contributed by atoms with Crippen LogP contribution < -0.4 is 16.6 Å². The normalized spacial score (nSPS) is 11.2. The maximum Gasteiger partial charge on any atom is 0.334 e. The lowest BCUT2D eigenvalue weighted by molar-refractivity contribution is 0.628. The first-order valence-corrected chi connectivity index (χ1v) is 11.0. The Balaban J connectivity index is 1.57. The highest BCUT2D eigenvalue weighted by molar-refractivity contribution is 7.22. The summed E-state index contributed by atoms with van der Waals surface area (Å²) < 4.78 is 14.2. The summed E-state index contributed by atoms with van der Waals surface area (Å²) in [5, 5.41) is 6.16. The molecular weight excluding hydrogens is 435 g/mol. The van der Waals surface area contributed by atoms with Crippen LogP contribution in [0.15, 0.2) is 69.6 Å². The molecule has 5 rings (SSSR count). The van der Waals surface area contributed by atoms with Gasteiger partial charge < -0.3 is 5.32 Å². The fourth-order valence-electron chi connectivity index (χ4n) is 3.36. The van der Waals surface area contributed by atoms with E-state index in [1.54, 1.807) is 36.4 Å². The molecule has 0 spiro atoms. The Kier molecular flexibility index (Phi) is 4.76. The minimum atomic E-state index is -0.478. The number of nitrogens with one attached hydrogen (secondary N) is 2. The van der Waals surface area contributed by atoms with Gasteiger partial charge in [0, 0.05) is 11.1 Å². The molecule has 2 aromatic carbocycles. The molecule has 3 heterocycles. The number of hydrogen-bond acceptors (Lipinski definition) is 6. The van der Waals surface area contributed by atoms with Gasteiger partial charge in [-0.3, -0.25) is 9.78 Å². The molecule has 5 aromatic rings. The second kappa shape index (κ2) is 7.60. The monoisotopic (exact) mass is 450 g/mol. The van der Waals surface area contributed by atoms with Crippen LogP contribution in [-0.4, -0.2) is 14.5 Å². The van der Waals surface area contributed by atoms with Gasteiger partial charge in [0.2, 0.25) is 0 Å². The van der Waals surface area contributed by atoms with Crippen molar-refractivity contribution < 1.29 is 4.39 Å². The van der Waals surface area contributed by atoms with Gasteiger partial charge in [-0.05, 0) is 48.9 Å². The van der Waals surface area contributed by atoms with Crippen LogP contribution in [0.1, 0.15) is 5.56 Å². The number of thiazole rings is 1. The number of para-hydroxylation sites is 1. The SMILES string of the molecule is Cc1c(-c2csc(Nc3ccc(F)cc3)n2)sc2[nH]c(=O)n(-c3ccccc3)c(=O)c12. The number of rotatable bonds is 4. The molecule has 0 aliphatic heterocycles. The van der Waals surface area contributed by atoms with Crippen molar-refractivity contribution >= 4 is 43.7 Å². The lowest BCUT2D eigenvalue weighted by Gasteiger charge is -2.04. The number of anilines is 2. The molecule has 0 saturated heterocycles. The summed E-state index contributed by atoms with van der Waals surface area (Å²) in [7, 11) is 0. The van der Waals surface area contributed by atoms with Crippen molar-refractivity contribution in [3.8, 4) is 16.3 Å². The van der Waals surface area contributed by atoms with Crippen molar-refractivity contribution in [2.45, 2.75) is 6.92 Å². The minimum absolute atomic E-state index is 0.304. The van der Waals surface area contributed by atoms with Crippen LogP contribution in [0, 0.1) is 12.7 Å². The van der Waals surface area contributed by atoms with Gasteiger partial charge in [-0.25, -0.2) is 18.7 Å². The summed E-state index contributed by atoms with van der Waals surface area (Å²) in [5.74, 6) is -0.304. The zero-order valence-electron chi connectivity index (χ0n) is 16.2. The molecule has 3 aromatic heterocycles. The number of nitrogens with zero attached hydrogens (tertiary/aromatic N) is 2. The van der Waals surface area contributed by atoms with E-state index in [4.69, 9.17) is 0 Å². The molecule has 0 aliphatic rings. The van der Waals surface area contributed by atoms with E-state index in [9.17, 15) is 14.0 Å². The van der Waals surface area contributed by atoms with E-state index in [2.05, 4.69) is 15.3 Å². The van der Waals surface area contributed by atoms with Crippen LogP contribution in [0.5, 0.6) is 0 Å². The summed E-state index contributed by atoms with van der Waals surface area (Å²) in [5.41, 5.74) is 1.88. The maximum absolute atomic E-state index is 13.2. The molecule has 0 aliphatic carbocycles. The van der Waals surface area contributed by atoms with Crippen LogP contribution in [0.25, 0.3) is 26.5 Å². The average molecular weight is 451 g/mol. The molecule has 0 atom stereocenters. The predicted molar refractivity (Wildman–Crippen MR) is 124 cm³/mol.